The number of aromatic amines is 1. The van der Waals surface area contributed by atoms with E-state index in [2.05, 4.69) is 20.9 Å². The van der Waals surface area contributed by atoms with Crippen LogP contribution >= 0.6 is 15.9 Å². The third-order valence-corrected chi connectivity index (χ3v) is 2.75. The number of hydrogen-bond acceptors (Lipinski definition) is 1. The zero-order chi connectivity index (χ0) is 10.1. The van der Waals surface area contributed by atoms with E-state index in [1.807, 2.05) is 6.07 Å². The van der Waals surface area contributed by atoms with Crippen LogP contribution in [-0.2, 0) is 6.42 Å². The fraction of sp³-hybridized carbons (Fsp3) is 0.100. The van der Waals surface area contributed by atoms with Crippen molar-refractivity contribution in [1.29, 1.82) is 5.26 Å². The molecule has 1 heterocycles. The monoisotopic (exact) mass is 252 g/mol. The van der Waals surface area contributed by atoms with E-state index in [-0.39, 0.29) is 12.2 Å². The molecular formula is C10H6BrFN2. The van der Waals surface area contributed by atoms with Crippen LogP contribution in [0.2, 0.25) is 0 Å². The van der Waals surface area contributed by atoms with E-state index in [0.717, 1.165) is 4.47 Å². The predicted molar refractivity (Wildman–Crippen MR) is 55.3 cm³/mol. The lowest BCUT2D eigenvalue weighted by atomic mass is 10.1. The van der Waals surface area contributed by atoms with Gasteiger partial charge in [0, 0.05) is 16.1 Å². The summed E-state index contributed by atoms with van der Waals surface area (Å²) in [6.45, 7) is 0. The molecule has 0 bridgehead atoms. The van der Waals surface area contributed by atoms with Gasteiger partial charge in [-0.25, -0.2) is 4.39 Å². The fourth-order valence-corrected chi connectivity index (χ4v) is 1.91. The highest BCUT2D eigenvalue weighted by atomic mass is 79.9. The van der Waals surface area contributed by atoms with E-state index in [9.17, 15) is 4.39 Å². The largest absolute Gasteiger partial charge is 0.360 e. The number of nitrogens with one attached hydrogen (secondary N) is 1. The summed E-state index contributed by atoms with van der Waals surface area (Å²) in [5, 5.41) is 9.06. The lowest BCUT2D eigenvalue weighted by Crippen LogP contribution is -1.82. The second-order valence-corrected chi connectivity index (χ2v) is 3.78. The van der Waals surface area contributed by atoms with Crippen molar-refractivity contribution in [3.63, 3.8) is 0 Å². The molecule has 0 unspecified atom stereocenters. The van der Waals surface area contributed by atoms with Crippen LogP contribution in [0, 0.1) is 17.1 Å². The van der Waals surface area contributed by atoms with Gasteiger partial charge in [-0.15, -0.1) is 0 Å². The Hall–Kier alpha value is -1.34. The summed E-state index contributed by atoms with van der Waals surface area (Å²) in [6, 6.07) is 5.04. The zero-order valence-corrected chi connectivity index (χ0v) is 8.73. The molecule has 4 heteroatoms. The van der Waals surface area contributed by atoms with Crippen LogP contribution in [0.3, 0.4) is 0 Å². The number of nitrogens with zero attached hydrogens (tertiary/aromatic N) is 1. The van der Waals surface area contributed by atoms with Gasteiger partial charge in [0.05, 0.1) is 18.0 Å². The van der Waals surface area contributed by atoms with Crippen molar-refractivity contribution < 1.29 is 4.39 Å². The highest BCUT2D eigenvalue weighted by Crippen LogP contribution is 2.28. The molecule has 0 aliphatic rings. The minimum Gasteiger partial charge on any atom is -0.360 e. The molecule has 0 amide bonds. The zero-order valence-electron chi connectivity index (χ0n) is 7.14. The molecule has 0 aliphatic carbocycles. The summed E-state index contributed by atoms with van der Waals surface area (Å²) < 4.78 is 14.2. The summed E-state index contributed by atoms with van der Waals surface area (Å²) in [5.41, 5.74) is 1.40. The fourth-order valence-electron chi connectivity index (χ4n) is 1.46. The topological polar surface area (TPSA) is 39.6 Å². The van der Waals surface area contributed by atoms with E-state index in [4.69, 9.17) is 5.26 Å². The van der Waals surface area contributed by atoms with Crippen LogP contribution in [-0.4, -0.2) is 4.98 Å². The second kappa shape index (κ2) is 3.43. The van der Waals surface area contributed by atoms with E-state index >= 15 is 0 Å². The Morgan fingerprint density at radius 2 is 2.29 bits per heavy atom. The first-order valence-corrected chi connectivity index (χ1v) is 4.84. The molecule has 2 nitrogen and oxygen atoms in total. The van der Waals surface area contributed by atoms with Crippen LogP contribution in [0.4, 0.5) is 4.39 Å². The number of rotatable bonds is 1. The minimum atomic E-state index is -0.297. The number of nitriles is 1. The van der Waals surface area contributed by atoms with Crippen LogP contribution in [0.5, 0.6) is 0 Å². The number of halogens is 2. The van der Waals surface area contributed by atoms with Gasteiger partial charge in [0.2, 0.25) is 0 Å². The van der Waals surface area contributed by atoms with Crippen molar-refractivity contribution in [1.82, 2.24) is 4.98 Å². The Balaban J connectivity index is 2.78. The number of fused-ring (bicyclic) bond motifs is 1. The van der Waals surface area contributed by atoms with E-state index in [1.54, 1.807) is 12.3 Å². The van der Waals surface area contributed by atoms with Crippen molar-refractivity contribution in [2.45, 2.75) is 6.42 Å². The molecule has 2 rings (SSSR count). The molecule has 0 saturated heterocycles. The number of aromatic nitrogens is 1. The molecular weight excluding hydrogens is 247 g/mol. The van der Waals surface area contributed by atoms with E-state index in [0.29, 0.717) is 16.5 Å². The average Bonchev–Trinajstić information content (AvgIpc) is 2.58. The summed E-state index contributed by atoms with van der Waals surface area (Å²) in [6.07, 6.45) is 1.88. The van der Waals surface area contributed by atoms with Crippen LogP contribution in [0.1, 0.15) is 5.56 Å². The maximum Gasteiger partial charge on any atom is 0.132 e. The van der Waals surface area contributed by atoms with Crippen LogP contribution < -0.4 is 0 Å². The standard InChI is InChI=1S/C10H6BrFN2/c11-7-1-2-8(12)9-6(3-4-13)5-14-10(7)9/h1-2,5,14H,3H2. The maximum absolute atomic E-state index is 13.4. The average molecular weight is 253 g/mol. The Bertz CT molecular complexity index is 525. The first kappa shape index (κ1) is 9.22. The molecule has 1 aromatic heterocycles. The van der Waals surface area contributed by atoms with Crippen molar-refractivity contribution in [3.8, 4) is 6.07 Å². The molecule has 0 saturated carbocycles. The number of benzene rings is 1. The van der Waals surface area contributed by atoms with Crippen LogP contribution in [0.15, 0.2) is 22.8 Å². The quantitative estimate of drug-likeness (QED) is 0.833. The van der Waals surface area contributed by atoms with Gasteiger partial charge in [-0.2, -0.15) is 5.26 Å². The molecule has 0 fully saturated rings. The second-order valence-electron chi connectivity index (χ2n) is 2.93. The normalized spacial score (nSPS) is 10.4. The van der Waals surface area contributed by atoms with Gasteiger partial charge < -0.3 is 4.98 Å². The highest BCUT2D eigenvalue weighted by molar-refractivity contribution is 9.10. The van der Waals surface area contributed by atoms with E-state index < -0.39 is 0 Å². The number of H-pyrrole nitrogens is 1. The van der Waals surface area contributed by atoms with Gasteiger partial charge in [-0.3, -0.25) is 0 Å². The third kappa shape index (κ3) is 1.30. The van der Waals surface area contributed by atoms with Gasteiger partial charge in [0.15, 0.2) is 0 Å². The molecule has 0 atom stereocenters. The first-order valence-electron chi connectivity index (χ1n) is 4.05. The van der Waals surface area contributed by atoms with Gasteiger partial charge in [-0.05, 0) is 33.6 Å². The molecule has 70 valence electrons. The molecule has 0 radical (unpaired) electrons. The Morgan fingerprint density at radius 1 is 1.50 bits per heavy atom. The summed E-state index contributed by atoms with van der Waals surface area (Å²) >= 11 is 3.31. The molecule has 14 heavy (non-hydrogen) atoms. The summed E-state index contributed by atoms with van der Waals surface area (Å²) in [5.74, 6) is -0.297. The molecule has 0 aliphatic heterocycles. The lowest BCUT2D eigenvalue weighted by molar-refractivity contribution is 0.639. The Morgan fingerprint density at radius 3 is 3.00 bits per heavy atom. The highest BCUT2D eigenvalue weighted by Gasteiger charge is 2.10. The van der Waals surface area contributed by atoms with Gasteiger partial charge in [0.25, 0.3) is 0 Å². The summed E-state index contributed by atoms with van der Waals surface area (Å²) in [4.78, 5) is 2.94. The van der Waals surface area contributed by atoms with Gasteiger partial charge >= 0.3 is 0 Å². The van der Waals surface area contributed by atoms with Crippen molar-refractivity contribution in [2.24, 2.45) is 0 Å². The van der Waals surface area contributed by atoms with Crippen molar-refractivity contribution in [2.75, 3.05) is 0 Å². The molecule has 0 spiro atoms. The molecule has 2 aromatic rings. The minimum absolute atomic E-state index is 0.216. The molecule has 1 N–H and O–H groups in total. The third-order valence-electron chi connectivity index (χ3n) is 2.09. The van der Waals surface area contributed by atoms with E-state index in [1.165, 1.54) is 6.07 Å². The molecule has 1 aromatic carbocycles. The Labute approximate surface area is 88.5 Å². The van der Waals surface area contributed by atoms with Crippen molar-refractivity contribution in [3.05, 3.63) is 34.2 Å². The SMILES string of the molecule is N#CCc1c[nH]c2c(Br)ccc(F)c12. The number of hydrogen-bond donors (Lipinski definition) is 1. The predicted octanol–water partition coefficient (Wildman–Crippen LogP) is 3.14. The van der Waals surface area contributed by atoms with Gasteiger partial charge in [-0.1, -0.05) is 0 Å². The summed E-state index contributed by atoms with van der Waals surface area (Å²) in [7, 11) is 0. The lowest BCUT2D eigenvalue weighted by Gasteiger charge is -1.97. The maximum atomic E-state index is 13.4. The van der Waals surface area contributed by atoms with Crippen LogP contribution in [0.25, 0.3) is 10.9 Å². The van der Waals surface area contributed by atoms with Crippen molar-refractivity contribution >= 4 is 26.8 Å². The Kier molecular flexibility index (Phi) is 2.26. The van der Waals surface area contributed by atoms with Gasteiger partial charge in [0.1, 0.15) is 5.82 Å². The smallest absolute Gasteiger partial charge is 0.132 e. The first-order chi connectivity index (χ1) is 6.74.